The van der Waals surface area contributed by atoms with Crippen LogP contribution in [0.1, 0.15) is 106 Å². The van der Waals surface area contributed by atoms with E-state index in [-0.39, 0.29) is 42.5 Å². The topological polar surface area (TPSA) is 132 Å². The number of carbonyl (C=O) groups excluding carboxylic acids is 2. The number of rotatable bonds is 10. The van der Waals surface area contributed by atoms with Crippen molar-refractivity contribution in [2.24, 2.45) is 17.8 Å². The minimum Gasteiger partial charge on any atom is -0.457 e. The summed E-state index contributed by atoms with van der Waals surface area (Å²) >= 11 is 0. The summed E-state index contributed by atoms with van der Waals surface area (Å²) in [6.07, 6.45) is 14.1. The number of hydrogen-bond donors (Lipinski definition) is 3. The molecule has 0 saturated carbocycles. The highest BCUT2D eigenvalue weighted by atomic mass is 16.6. The maximum Gasteiger partial charge on any atom is 0.410 e. The fourth-order valence-electron chi connectivity index (χ4n) is 7.69. The van der Waals surface area contributed by atoms with Gasteiger partial charge in [-0.25, -0.2) is 4.79 Å². The van der Waals surface area contributed by atoms with E-state index >= 15 is 0 Å². The van der Waals surface area contributed by atoms with Crippen molar-refractivity contribution < 1.29 is 39.1 Å². The minimum absolute atomic E-state index is 0.00807. The molecule has 4 heterocycles. The molecule has 0 radical (unpaired) electrons. The molecule has 3 N–H and O–H groups in total. The summed E-state index contributed by atoms with van der Waals surface area (Å²) in [7, 11) is 0. The van der Waals surface area contributed by atoms with Gasteiger partial charge in [0.25, 0.3) is 0 Å². The van der Waals surface area contributed by atoms with Gasteiger partial charge in [0.05, 0.1) is 36.4 Å². The van der Waals surface area contributed by atoms with Gasteiger partial charge in [-0.1, -0.05) is 58.4 Å². The number of likely N-dealkylation sites (tertiary alicyclic amines) is 2. The molecule has 0 aromatic rings. The first kappa shape index (κ1) is 39.5. The number of allylic oxidation sites excluding steroid dienone is 2. The summed E-state index contributed by atoms with van der Waals surface area (Å²) in [5.41, 5.74) is -0.343. The number of aliphatic hydroxyl groups excluding tert-OH is 2. The second-order valence-electron chi connectivity index (χ2n) is 15.5. The molecule has 0 spiro atoms. The largest absolute Gasteiger partial charge is 0.457 e. The highest BCUT2D eigenvalue weighted by molar-refractivity contribution is 5.70. The number of piperidine rings is 2. The normalized spacial score (nSPS) is 34.0. The third-order valence-electron chi connectivity index (χ3n) is 11.2. The van der Waals surface area contributed by atoms with Crippen LogP contribution >= 0.6 is 0 Å². The molecule has 10 unspecified atom stereocenters. The highest BCUT2D eigenvalue weighted by Gasteiger charge is 2.47. The second kappa shape index (κ2) is 18.3. The molecule has 0 aromatic heterocycles. The van der Waals surface area contributed by atoms with Crippen LogP contribution in [-0.4, -0.2) is 112 Å². The van der Waals surface area contributed by atoms with E-state index in [1.165, 1.54) is 19.3 Å². The van der Waals surface area contributed by atoms with Crippen molar-refractivity contribution in [3.63, 3.8) is 0 Å². The summed E-state index contributed by atoms with van der Waals surface area (Å²) in [6.45, 7) is 15.2. The van der Waals surface area contributed by atoms with Crippen LogP contribution < -0.4 is 0 Å². The Morgan fingerprint density at radius 2 is 1.80 bits per heavy atom. The Morgan fingerprint density at radius 1 is 1.10 bits per heavy atom. The van der Waals surface area contributed by atoms with Gasteiger partial charge in [0, 0.05) is 37.4 Å². The third-order valence-corrected chi connectivity index (χ3v) is 11.2. The molecular formula is C39H64N2O8. The average Bonchev–Trinajstić information content (AvgIpc) is 3.84. The first-order valence-electron chi connectivity index (χ1n) is 18.9. The van der Waals surface area contributed by atoms with Gasteiger partial charge in [-0.3, -0.25) is 4.79 Å². The lowest BCUT2D eigenvalue weighted by atomic mass is 9.91. The highest BCUT2D eigenvalue weighted by Crippen LogP contribution is 2.37. The molecule has 4 aliphatic heterocycles. The lowest BCUT2D eigenvalue weighted by Crippen LogP contribution is -2.48. The van der Waals surface area contributed by atoms with E-state index in [2.05, 4.69) is 4.90 Å². The molecule has 49 heavy (non-hydrogen) atoms. The van der Waals surface area contributed by atoms with E-state index < -0.39 is 36.0 Å². The van der Waals surface area contributed by atoms with Crippen LogP contribution in [0.2, 0.25) is 0 Å². The summed E-state index contributed by atoms with van der Waals surface area (Å²) in [4.78, 5) is 30.7. The van der Waals surface area contributed by atoms with Crippen molar-refractivity contribution in [1.82, 2.24) is 9.80 Å². The van der Waals surface area contributed by atoms with Gasteiger partial charge in [0.2, 0.25) is 0 Å². The number of carbonyl (C=O) groups is 2. The van der Waals surface area contributed by atoms with Gasteiger partial charge in [-0.15, -0.1) is 0 Å². The molecule has 278 valence electrons. The maximum absolute atomic E-state index is 13.4. The summed E-state index contributed by atoms with van der Waals surface area (Å²) < 4.78 is 17.8. The van der Waals surface area contributed by atoms with Gasteiger partial charge < -0.3 is 39.3 Å². The fourth-order valence-corrected chi connectivity index (χ4v) is 7.69. The van der Waals surface area contributed by atoms with Crippen LogP contribution in [0.25, 0.3) is 0 Å². The van der Waals surface area contributed by atoms with E-state index in [0.29, 0.717) is 44.8 Å². The van der Waals surface area contributed by atoms with Crippen molar-refractivity contribution in [1.29, 1.82) is 0 Å². The van der Waals surface area contributed by atoms with E-state index in [1.54, 1.807) is 19.1 Å². The van der Waals surface area contributed by atoms with Gasteiger partial charge in [-0.05, 0) is 89.4 Å². The second-order valence-corrected chi connectivity index (χ2v) is 15.5. The zero-order valence-corrected chi connectivity index (χ0v) is 30.8. The Hall–Kier alpha value is -2.24. The summed E-state index contributed by atoms with van der Waals surface area (Å²) in [5.74, 6) is -0.752. The number of ether oxygens (including phenoxy) is 3. The van der Waals surface area contributed by atoms with Gasteiger partial charge >= 0.3 is 12.1 Å². The van der Waals surface area contributed by atoms with Crippen molar-refractivity contribution >= 4 is 12.1 Å². The van der Waals surface area contributed by atoms with Crippen molar-refractivity contribution in [2.75, 3.05) is 26.2 Å². The summed E-state index contributed by atoms with van der Waals surface area (Å²) in [6, 6.07) is 0.540. The molecule has 0 aliphatic carbocycles. The Kier molecular flexibility index (Phi) is 14.8. The number of esters is 1. The number of epoxide rings is 1. The predicted molar refractivity (Wildman–Crippen MR) is 190 cm³/mol. The Bertz CT molecular complexity index is 1160. The lowest BCUT2D eigenvalue weighted by Gasteiger charge is -2.40. The van der Waals surface area contributed by atoms with Crippen molar-refractivity contribution in [3.8, 4) is 0 Å². The molecular weight excluding hydrogens is 624 g/mol. The van der Waals surface area contributed by atoms with E-state index in [4.69, 9.17) is 14.2 Å². The first-order chi connectivity index (χ1) is 23.3. The fraction of sp³-hybridized carbons (Fsp3) is 0.795. The van der Waals surface area contributed by atoms with Crippen LogP contribution in [0.5, 0.6) is 0 Å². The average molecular weight is 689 g/mol. The number of hydrogen-bond acceptors (Lipinski definition) is 9. The van der Waals surface area contributed by atoms with Crippen molar-refractivity contribution in [2.45, 2.75) is 154 Å². The number of amides is 1. The van der Waals surface area contributed by atoms with Crippen LogP contribution in [0.4, 0.5) is 4.79 Å². The monoisotopic (exact) mass is 688 g/mol. The Balaban J connectivity index is 1.39. The molecule has 1 amide bonds. The molecule has 0 bridgehead atoms. The molecule has 0 aromatic carbocycles. The van der Waals surface area contributed by atoms with Crippen LogP contribution in [0.3, 0.4) is 0 Å². The quantitative estimate of drug-likeness (QED) is 0.117. The Morgan fingerprint density at radius 3 is 2.47 bits per heavy atom. The van der Waals surface area contributed by atoms with Crippen molar-refractivity contribution in [3.05, 3.63) is 36.0 Å². The predicted octanol–water partition coefficient (Wildman–Crippen LogP) is 5.54. The maximum atomic E-state index is 13.4. The number of nitrogens with zero attached hydrogens (tertiary/aromatic N) is 2. The van der Waals surface area contributed by atoms with Crippen LogP contribution in [-0.2, 0) is 19.0 Å². The first-order valence-corrected chi connectivity index (χ1v) is 18.9. The van der Waals surface area contributed by atoms with E-state index in [9.17, 15) is 24.9 Å². The van der Waals surface area contributed by atoms with E-state index in [0.717, 1.165) is 31.5 Å². The molecule has 4 rings (SSSR count). The number of aliphatic hydroxyl groups is 3. The molecule has 10 heteroatoms. The molecule has 4 aliphatic rings. The minimum atomic E-state index is -1.12. The number of cyclic esters (lactones) is 1. The Labute approximate surface area is 294 Å². The van der Waals surface area contributed by atoms with Crippen LogP contribution in [0, 0.1) is 17.8 Å². The SMILES string of the molecule is CCC(O)C(C)C1OC1CC(C)(O)C=CC=C(C)C1OC(=O)CC(O)CCC(C)C(OC(=O)N2CCC(N3CCCCC3)CC2)C=CC1C. The van der Waals surface area contributed by atoms with Gasteiger partial charge in [0.15, 0.2) is 0 Å². The molecule has 3 saturated heterocycles. The zero-order chi connectivity index (χ0) is 35.7. The standard InChI is InChI=1S/C39H64N2O8/c1-7-32(43)29(5)37-34(47-37)25-39(6,46)19-11-12-27(3)36-28(4)14-16-33(26(2)13-15-31(42)24-35(44)49-36)48-38(45)41-22-17-30(18-23-41)40-20-9-8-10-21-40/h11-12,14,16,19,26,28-34,36-37,42-43,46H,7-10,13,15,17-18,20-25H2,1-6H3. The van der Waals surface area contributed by atoms with Crippen LogP contribution in [0.15, 0.2) is 36.0 Å². The molecule has 3 fully saturated rings. The third kappa shape index (κ3) is 11.9. The van der Waals surface area contributed by atoms with Gasteiger partial charge in [0.1, 0.15) is 12.2 Å². The van der Waals surface area contributed by atoms with E-state index in [1.807, 2.05) is 57.7 Å². The smallest absolute Gasteiger partial charge is 0.410 e. The molecule has 10 nitrogen and oxygen atoms in total. The summed E-state index contributed by atoms with van der Waals surface area (Å²) in [5, 5.41) is 31.9. The molecule has 10 atom stereocenters. The van der Waals surface area contributed by atoms with Gasteiger partial charge in [-0.2, -0.15) is 0 Å². The lowest BCUT2D eigenvalue weighted by molar-refractivity contribution is -0.151. The zero-order valence-electron chi connectivity index (χ0n) is 30.8.